The lowest BCUT2D eigenvalue weighted by Crippen LogP contribution is -2.38. The molecule has 6 heteroatoms. The Morgan fingerprint density at radius 2 is 1.89 bits per heavy atom. The summed E-state index contributed by atoms with van der Waals surface area (Å²) in [5, 5.41) is 9.95. The van der Waals surface area contributed by atoms with Gasteiger partial charge in [-0.3, -0.25) is 0 Å². The molecule has 106 valence electrons. The van der Waals surface area contributed by atoms with Crippen LogP contribution in [0.3, 0.4) is 0 Å². The van der Waals surface area contributed by atoms with Crippen LogP contribution in [-0.4, -0.2) is 25.7 Å². The van der Waals surface area contributed by atoms with Gasteiger partial charge in [0.1, 0.15) is 0 Å². The smallest absolute Gasteiger partial charge is 0.241 e. The highest BCUT2D eigenvalue weighted by molar-refractivity contribution is 7.89. The molecule has 0 aromatic heterocycles. The van der Waals surface area contributed by atoms with E-state index < -0.39 is 10.0 Å². The Bertz CT molecular complexity index is 551. The fourth-order valence-corrected chi connectivity index (χ4v) is 4.15. The van der Waals surface area contributed by atoms with Crippen LogP contribution in [0.2, 0.25) is 5.02 Å². The summed E-state index contributed by atoms with van der Waals surface area (Å²) in [4.78, 5) is 0.267. The molecule has 2 N–H and O–H groups in total. The third-order valence-corrected chi connectivity index (χ3v) is 5.36. The summed E-state index contributed by atoms with van der Waals surface area (Å²) in [6.07, 6.45) is 2.35. The number of aliphatic hydroxyl groups excluding tert-OH is 1. The molecule has 1 aliphatic carbocycles. The zero-order chi connectivity index (χ0) is 14.0. The van der Waals surface area contributed by atoms with Crippen molar-refractivity contribution >= 4 is 21.6 Å². The Morgan fingerprint density at radius 3 is 2.47 bits per heavy atom. The molecule has 1 aliphatic rings. The summed E-state index contributed by atoms with van der Waals surface area (Å²) in [5.74, 6) is 0. The van der Waals surface area contributed by atoms with E-state index in [-0.39, 0.29) is 17.0 Å². The third-order valence-electron chi connectivity index (χ3n) is 3.45. The van der Waals surface area contributed by atoms with Crippen molar-refractivity contribution in [2.24, 2.45) is 0 Å². The topological polar surface area (TPSA) is 66.4 Å². The zero-order valence-corrected chi connectivity index (χ0v) is 12.3. The minimum Gasteiger partial charge on any atom is -0.393 e. The third kappa shape index (κ3) is 3.69. The minimum atomic E-state index is -3.52. The number of rotatable bonds is 3. The fourth-order valence-electron chi connectivity index (χ4n) is 2.39. The van der Waals surface area contributed by atoms with Gasteiger partial charge in [0.2, 0.25) is 10.0 Å². The van der Waals surface area contributed by atoms with Crippen LogP contribution in [0.15, 0.2) is 23.1 Å². The molecular formula is C13H18ClNO3S. The summed E-state index contributed by atoms with van der Waals surface area (Å²) in [6.45, 7) is 1.73. The average molecular weight is 304 g/mol. The normalized spacial score (nSPS) is 24.4. The highest BCUT2D eigenvalue weighted by atomic mass is 35.5. The Kier molecular flexibility index (Phi) is 4.50. The van der Waals surface area contributed by atoms with E-state index in [1.807, 2.05) is 0 Å². The Hall–Kier alpha value is -0.620. The maximum atomic E-state index is 12.3. The van der Waals surface area contributed by atoms with Crippen LogP contribution in [0.1, 0.15) is 31.2 Å². The van der Waals surface area contributed by atoms with E-state index in [2.05, 4.69) is 4.72 Å². The molecule has 0 atom stereocenters. The number of hydrogen-bond donors (Lipinski definition) is 2. The van der Waals surface area contributed by atoms with Crippen molar-refractivity contribution in [2.45, 2.75) is 49.6 Å². The van der Waals surface area contributed by atoms with E-state index >= 15 is 0 Å². The van der Waals surface area contributed by atoms with Gasteiger partial charge in [-0.1, -0.05) is 11.6 Å². The van der Waals surface area contributed by atoms with E-state index in [1.54, 1.807) is 19.1 Å². The zero-order valence-electron chi connectivity index (χ0n) is 10.8. The first-order valence-electron chi connectivity index (χ1n) is 6.35. The van der Waals surface area contributed by atoms with Crippen molar-refractivity contribution < 1.29 is 13.5 Å². The second-order valence-electron chi connectivity index (χ2n) is 5.04. The van der Waals surface area contributed by atoms with Crippen LogP contribution in [0.5, 0.6) is 0 Å². The number of aryl methyl sites for hydroxylation is 1. The quantitative estimate of drug-likeness (QED) is 0.900. The maximum absolute atomic E-state index is 12.3. The molecule has 0 spiro atoms. The number of benzene rings is 1. The molecule has 4 nitrogen and oxygen atoms in total. The van der Waals surface area contributed by atoms with Gasteiger partial charge in [0.15, 0.2) is 0 Å². The lowest BCUT2D eigenvalue weighted by atomic mass is 9.94. The lowest BCUT2D eigenvalue weighted by Gasteiger charge is -2.26. The number of sulfonamides is 1. The second-order valence-corrected chi connectivity index (χ2v) is 7.16. The van der Waals surface area contributed by atoms with E-state index in [0.717, 1.165) is 0 Å². The molecular weight excluding hydrogens is 286 g/mol. The molecule has 0 aliphatic heterocycles. The summed E-state index contributed by atoms with van der Waals surface area (Å²) in [7, 11) is -3.52. The Morgan fingerprint density at radius 1 is 1.26 bits per heavy atom. The molecule has 1 aromatic carbocycles. The van der Waals surface area contributed by atoms with Gasteiger partial charge in [-0.15, -0.1) is 0 Å². The van der Waals surface area contributed by atoms with E-state index in [9.17, 15) is 13.5 Å². The van der Waals surface area contributed by atoms with Gasteiger partial charge in [0.25, 0.3) is 0 Å². The molecule has 0 saturated heterocycles. The number of halogens is 1. The first kappa shape index (κ1) is 14.8. The van der Waals surface area contributed by atoms with Crippen molar-refractivity contribution in [1.82, 2.24) is 4.72 Å². The molecule has 0 heterocycles. The van der Waals surface area contributed by atoms with E-state index in [0.29, 0.717) is 36.3 Å². The van der Waals surface area contributed by atoms with Crippen molar-refractivity contribution in [3.05, 3.63) is 28.8 Å². The van der Waals surface area contributed by atoms with Gasteiger partial charge in [0.05, 0.1) is 11.0 Å². The molecule has 1 saturated carbocycles. The number of aliphatic hydroxyl groups is 1. The highest BCUT2D eigenvalue weighted by Gasteiger charge is 2.25. The lowest BCUT2D eigenvalue weighted by molar-refractivity contribution is 0.120. The van der Waals surface area contributed by atoms with Crippen molar-refractivity contribution in [3.63, 3.8) is 0 Å². The summed E-state index contributed by atoms with van der Waals surface area (Å²) >= 11 is 5.83. The van der Waals surface area contributed by atoms with Gasteiger partial charge in [-0.25, -0.2) is 13.1 Å². The maximum Gasteiger partial charge on any atom is 0.241 e. The van der Waals surface area contributed by atoms with Crippen molar-refractivity contribution in [2.75, 3.05) is 0 Å². The molecule has 19 heavy (non-hydrogen) atoms. The van der Waals surface area contributed by atoms with Crippen LogP contribution in [0.25, 0.3) is 0 Å². The van der Waals surface area contributed by atoms with Crippen molar-refractivity contribution in [1.29, 1.82) is 0 Å². The average Bonchev–Trinajstić information content (AvgIpc) is 2.31. The SMILES string of the molecule is Cc1cc(Cl)ccc1S(=O)(=O)NC1CCC(O)CC1. The van der Waals surface area contributed by atoms with Crippen LogP contribution in [0.4, 0.5) is 0 Å². The summed E-state index contributed by atoms with van der Waals surface area (Å²) in [5.41, 5.74) is 0.635. The molecule has 1 aromatic rings. The minimum absolute atomic E-state index is 0.0940. The fraction of sp³-hybridized carbons (Fsp3) is 0.538. The standard InChI is InChI=1S/C13H18ClNO3S/c1-9-8-10(14)2-7-13(9)19(17,18)15-11-3-5-12(16)6-4-11/h2,7-8,11-12,15-16H,3-6H2,1H3. The highest BCUT2D eigenvalue weighted by Crippen LogP contribution is 2.23. The number of nitrogens with one attached hydrogen (secondary N) is 1. The molecule has 0 bridgehead atoms. The van der Waals surface area contributed by atoms with E-state index in [1.165, 1.54) is 6.07 Å². The summed E-state index contributed by atoms with van der Waals surface area (Å²) < 4.78 is 27.3. The first-order chi connectivity index (χ1) is 8.88. The van der Waals surface area contributed by atoms with Crippen LogP contribution in [-0.2, 0) is 10.0 Å². The predicted molar refractivity (Wildman–Crippen MR) is 74.8 cm³/mol. The van der Waals surface area contributed by atoms with Gasteiger partial charge in [0, 0.05) is 11.1 Å². The van der Waals surface area contributed by atoms with Gasteiger partial charge in [-0.05, 0) is 56.4 Å². The van der Waals surface area contributed by atoms with Crippen molar-refractivity contribution in [3.8, 4) is 0 Å². The van der Waals surface area contributed by atoms with Gasteiger partial charge >= 0.3 is 0 Å². The van der Waals surface area contributed by atoms with Gasteiger partial charge < -0.3 is 5.11 Å². The largest absolute Gasteiger partial charge is 0.393 e. The predicted octanol–water partition coefficient (Wildman–Crippen LogP) is 2.23. The van der Waals surface area contributed by atoms with Crippen LogP contribution < -0.4 is 4.72 Å². The van der Waals surface area contributed by atoms with Gasteiger partial charge in [-0.2, -0.15) is 0 Å². The summed E-state index contributed by atoms with van der Waals surface area (Å²) in [6, 6.07) is 4.65. The number of hydrogen-bond acceptors (Lipinski definition) is 3. The molecule has 2 rings (SSSR count). The molecule has 0 amide bonds. The van der Waals surface area contributed by atoms with E-state index in [4.69, 9.17) is 11.6 Å². The Labute approximate surface area is 118 Å². The molecule has 1 fully saturated rings. The molecule has 0 unspecified atom stereocenters. The molecule has 0 radical (unpaired) electrons. The second kappa shape index (κ2) is 5.79. The first-order valence-corrected chi connectivity index (χ1v) is 8.21. The van der Waals surface area contributed by atoms with Crippen LogP contribution in [0, 0.1) is 6.92 Å². The monoisotopic (exact) mass is 303 g/mol. The Balaban J connectivity index is 2.14. The van der Waals surface area contributed by atoms with Crippen LogP contribution >= 0.6 is 11.6 Å².